The second-order valence-corrected chi connectivity index (χ2v) is 5.31. The number of nitrogens with zero attached hydrogens (tertiary/aromatic N) is 1. The summed E-state index contributed by atoms with van der Waals surface area (Å²) in [6.07, 6.45) is -0.642. The van der Waals surface area contributed by atoms with Gasteiger partial charge in [-0.05, 0) is 49.4 Å². The summed E-state index contributed by atoms with van der Waals surface area (Å²) in [6, 6.07) is 16.0. The molecule has 0 saturated heterocycles. The van der Waals surface area contributed by atoms with Gasteiger partial charge in [-0.3, -0.25) is 4.79 Å². The Labute approximate surface area is 131 Å². The monoisotopic (exact) mass is 344 g/mol. The fourth-order valence-corrected chi connectivity index (χ4v) is 2.08. The van der Waals surface area contributed by atoms with Crippen molar-refractivity contribution in [3.8, 4) is 11.8 Å². The molecule has 0 aromatic heterocycles. The first-order valence-electron chi connectivity index (χ1n) is 6.32. The number of hydrogen-bond donors (Lipinski definition) is 1. The number of carbonyl (C=O) groups is 1. The summed E-state index contributed by atoms with van der Waals surface area (Å²) in [5.74, 6) is 0.309. The Morgan fingerprint density at radius 1 is 1.29 bits per heavy atom. The molecule has 1 unspecified atom stereocenters. The van der Waals surface area contributed by atoms with E-state index in [1.165, 1.54) is 0 Å². The predicted molar refractivity (Wildman–Crippen MR) is 84.0 cm³/mol. The van der Waals surface area contributed by atoms with E-state index in [1.54, 1.807) is 37.3 Å². The molecule has 1 N–H and O–H groups in total. The molecule has 0 saturated carbocycles. The van der Waals surface area contributed by atoms with Gasteiger partial charge >= 0.3 is 0 Å². The summed E-state index contributed by atoms with van der Waals surface area (Å²) >= 11 is 3.35. The maximum atomic E-state index is 12.0. The van der Waals surface area contributed by atoms with Crippen LogP contribution in [0.2, 0.25) is 0 Å². The van der Waals surface area contributed by atoms with Crippen LogP contribution in [0.5, 0.6) is 5.75 Å². The van der Waals surface area contributed by atoms with Crippen LogP contribution in [0.1, 0.15) is 12.5 Å². The largest absolute Gasteiger partial charge is 0.481 e. The molecule has 0 aliphatic heterocycles. The zero-order valence-corrected chi connectivity index (χ0v) is 12.9. The van der Waals surface area contributed by atoms with Gasteiger partial charge in [0.15, 0.2) is 6.10 Å². The van der Waals surface area contributed by atoms with Crippen LogP contribution in [0, 0.1) is 11.3 Å². The van der Waals surface area contributed by atoms with Gasteiger partial charge in [0.2, 0.25) is 0 Å². The smallest absolute Gasteiger partial charge is 0.265 e. The molecule has 2 rings (SSSR count). The number of anilines is 1. The number of ether oxygens (including phenoxy) is 1. The molecule has 1 amide bonds. The minimum atomic E-state index is -0.642. The minimum absolute atomic E-state index is 0.238. The van der Waals surface area contributed by atoms with E-state index in [0.29, 0.717) is 17.0 Å². The van der Waals surface area contributed by atoms with Crippen molar-refractivity contribution in [2.24, 2.45) is 0 Å². The Morgan fingerprint density at radius 2 is 2.00 bits per heavy atom. The van der Waals surface area contributed by atoms with Crippen molar-refractivity contribution in [2.75, 3.05) is 5.32 Å². The van der Waals surface area contributed by atoms with Gasteiger partial charge in [-0.15, -0.1) is 0 Å². The number of nitriles is 1. The average Bonchev–Trinajstić information content (AvgIpc) is 2.48. The second kappa shape index (κ2) is 6.91. The first kappa shape index (κ1) is 15.1. The fraction of sp³-hybridized carbons (Fsp3) is 0.125. The summed E-state index contributed by atoms with van der Waals surface area (Å²) in [7, 11) is 0. The van der Waals surface area contributed by atoms with Crippen LogP contribution in [0.3, 0.4) is 0 Å². The van der Waals surface area contributed by atoms with Crippen LogP contribution in [-0.2, 0) is 4.79 Å². The molecule has 0 bridgehead atoms. The lowest BCUT2D eigenvalue weighted by Gasteiger charge is -2.14. The zero-order valence-electron chi connectivity index (χ0n) is 11.3. The third-order valence-corrected chi connectivity index (χ3v) is 3.25. The molecule has 0 radical (unpaired) electrons. The van der Waals surface area contributed by atoms with Crippen LogP contribution < -0.4 is 10.1 Å². The number of benzene rings is 2. The van der Waals surface area contributed by atoms with Gasteiger partial charge < -0.3 is 10.1 Å². The highest BCUT2D eigenvalue weighted by Crippen LogP contribution is 2.17. The Kier molecular flexibility index (Phi) is 4.96. The highest BCUT2D eigenvalue weighted by atomic mass is 79.9. The van der Waals surface area contributed by atoms with Crippen LogP contribution in [0.15, 0.2) is 53.0 Å². The highest BCUT2D eigenvalue weighted by molar-refractivity contribution is 9.10. The number of nitrogens with one attached hydrogen (secondary N) is 1. The van der Waals surface area contributed by atoms with Crippen molar-refractivity contribution in [3.05, 3.63) is 58.6 Å². The lowest BCUT2D eigenvalue weighted by Crippen LogP contribution is -2.30. The van der Waals surface area contributed by atoms with Gasteiger partial charge in [-0.2, -0.15) is 5.26 Å². The fourth-order valence-electron chi connectivity index (χ4n) is 1.68. The van der Waals surface area contributed by atoms with Crippen LogP contribution in [0.4, 0.5) is 5.69 Å². The van der Waals surface area contributed by atoms with Crippen molar-refractivity contribution in [1.29, 1.82) is 5.26 Å². The first-order chi connectivity index (χ1) is 10.1. The summed E-state index contributed by atoms with van der Waals surface area (Å²) < 4.78 is 6.43. The quantitative estimate of drug-likeness (QED) is 0.919. The van der Waals surface area contributed by atoms with Gasteiger partial charge in [-0.1, -0.05) is 22.0 Å². The van der Waals surface area contributed by atoms with Crippen molar-refractivity contribution >= 4 is 27.5 Å². The van der Waals surface area contributed by atoms with E-state index in [2.05, 4.69) is 21.2 Å². The third-order valence-electron chi connectivity index (χ3n) is 2.76. The van der Waals surface area contributed by atoms with Gasteiger partial charge in [0.1, 0.15) is 5.75 Å². The summed E-state index contributed by atoms with van der Waals surface area (Å²) in [5, 5.41) is 11.5. The number of halogens is 1. The van der Waals surface area contributed by atoms with Crippen molar-refractivity contribution < 1.29 is 9.53 Å². The summed E-state index contributed by atoms with van der Waals surface area (Å²) in [4.78, 5) is 12.0. The highest BCUT2D eigenvalue weighted by Gasteiger charge is 2.14. The number of hydrogen-bond acceptors (Lipinski definition) is 3. The maximum absolute atomic E-state index is 12.0. The standard InChI is InChI=1S/C16H13BrN2O2/c1-11(21-15-7-5-12(10-18)6-8-15)16(20)19-14-4-2-3-13(17)9-14/h2-9,11H,1H3,(H,19,20). The normalized spacial score (nSPS) is 11.3. The zero-order chi connectivity index (χ0) is 15.2. The van der Waals surface area contributed by atoms with Gasteiger partial charge in [0.05, 0.1) is 11.6 Å². The summed E-state index contributed by atoms with van der Waals surface area (Å²) in [5.41, 5.74) is 1.25. The van der Waals surface area contributed by atoms with Crippen LogP contribution in [0.25, 0.3) is 0 Å². The number of rotatable bonds is 4. The maximum Gasteiger partial charge on any atom is 0.265 e. The SMILES string of the molecule is CC(Oc1ccc(C#N)cc1)C(=O)Nc1cccc(Br)c1. The first-order valence-corrected chi connectivity index (χ1v) is 7.11. The van der Waals surface area contributed by atoms with Crippen molar-refractivity contribution in [1.82, 2.24) is 0 Å². The van der Waals surface area contributed by atoms with Crippen LogP contribution in [-0.4, -0.2) is 12.0 Å². The topological polar surface area (TPSA) is 62.1 Å². The molecule has 21 heavy (non-hydrogen) atoms. The van der Waals surface area contributed by atoms with Crippen LogP contribution >= 0.6 is 15.9 Å². The molecule has 0 heterocycles. The van der Waals surface area contributed by atoms with Crippen molar-refractivity contribution in [3.63, 3.8) is 0 Å². The Hall–Kier alpha value is -2.32. The predicted octanol–water partition coefficient (Wildman–Crippen LogP) is 3.73. The van der Waals surface area contributed by atoms with Gasteiger partial charge in [0.25, 0.3) is 5.91 Å². The van der Waals surface area contributed by atoms with E-state index in [9.17, 15) is 4.79 Å². The lowest BCUT2D eigenvalue weighted by atomic mass is 10.2. The molecule has 2 aromatic carbocycles. The Balaban J connectivity index is 1.97. The van der Waals surface area contributed by atoms with Gasteiger partial charge in [0, 0.05) is 10.2 Å². The number of amides is 1. The lowest BCUT2D eigenvalue weighted by molar-refractivity contribution is -0.122. The van der Waals surface area contributed by atoms with E-state index in [0.717, 1.165) is 4.47 Å². The Bertz CT molecular complexity index is 677. The third kappa shape index (κ3) is 4.33. The Morgan fingerprint density at radius 3 is 2.62 bits per heavy atom. The molecular weight excluding hydrogens is 332 g/mol. The molecule has 2 aromatic rings. The molecule has 0 aliphatic carbocycles. The molecule has 0 spiro atoms. The molecule has 1 atom stereocenters. The van der Waals surface area contributed by atoms with E-state index < -0.39 is 6.10 Å². The van der Waals surface area contributed by atoms with Gasteiger partial charge in [-0.25, -0.2) is 0 Å². The second-order valence-electron chi connectivity index (χ2n) is 4.40. The van der Waals surface area contributed by atoms with Crippen molar-refractivity contribution in [2.45, 2.75) is 13.0 Å². The van der Waals surface area contributed by atoms with E-state index in [1.807, 2.05) is 24.3 Å². The molecule has 4 nitrogen and oxygen atoms in total. The molecule has 106 valence electrons. The van der Waals surface area contributed by atoms with E-state index in [-0.39, 0.29) is 5.91 Å². The van der Waals surface area contributed by atoms with E-state index in [4.69, 9.17) is 10.00 Å². The molecule has 5 heteroatoms. The molecular formula is C16H13BrN2O2. The summed E-state index contributed by atoms with van der Waals surface area (Å²) in [6.45, 7) is 1.67. The molecule has 0 aliphatic rings. The average molecular weight is 345 g/mol. The number of carbonyl (C=O) groups excluding carboxylic acids is 1. The minimum Gasteiger partial charge on any atom is -0.481 e. The molecule has 0 fully saturated rings. The van der Waals surface area contributed by atoms with E-state index >= 15 is 0 Å².